The van der Waals surface area contributed by atoms with E-state index in [0.717, 1.165) is 12.8 Å². The largest absolute Gasteiger partial charge is 0.481 e. The molecule has 0 heterocycles. The van der Waals surface area contributed by atoms with E-state index in [1.807, 2.05) is 0 Å². The summed E-state index contributed by atoms with van der Waals surface area (Å²) in [7, 11) is 1.66. The van der Waals surface area contributed by atoms with Crippen LogP contribution in [0.5, 0.6) is 0 Å². The summed E-state index contributed by atoms with van der Waals surface area (Å²) < 4.78 is 5.10. The number of ether oxygens (including phenoxy) is 1. The molecule has 0 aromatic heterocycles. The van der Waals surface area contributed by atoms with Gasteiger partial charge in [0.2, 0.25) is 5.91 Å². The molecular formula is C11H19NO4. The average Bonchev–Trinajstić information content (AvgIpc) is 2.08. The summed E-state index contributed by atoms with van der Waals surface area (Å²) in [6.07, 6.45) is 2.30. The average molecular weight is 229 g/mol. The van der Waals surface area contributed by atoms with Crippen LogP contribution in [0.4, 0.5) is 0 Å². The number of carboxylic acid groups (broad SMARTS) is 1. The number of carbonyl (C=O) groups excluding carboxylic acids is 1. The topological polar surface area (TPSA) is 75.6 Å². The minimum Gasteiger partial charge on any atom is -0.481 e. The number of carboxylic acids is 1. The smallest absolute Gasteiger partial charge is 0.303 e. The van der Waals surface area contributed by atoms with Gasteiger partial charge in [-0.05, 0) is 18.8 Å². The first-order valence-electron chi connectivity index (χ1n) is 5.55. The minimum atomic E-state index is -0.858. The Kier molecular flexibility index (Phi) is 4.73. The monoisotopic (exact) mass is 229 g/mol. The highest BCUT2D eigenvalue weighted by molar-refractivity contribution is 5.77. The van der Waals surface area contributed by atoms with E-state index >= 15 is 0 Å². The summed E-state index contributed by atoms with van der Waals surface area (Å²) in [4.78, 5) is 21.9. The van der Waals surface area contributed by atoms with E-state index in [9.17, 15) is 9.59 Å². The van der Waals surface area contributed by atoms with Gasteiger partial charge in [-0.1, -0.05) is 6.92 Å². The van der Waals surface area contributed by atoms with Crippen LogP contribution in [0.1, 0.15) is 32.6 Å². The van der Waals surface area contributed by atoms with Crippen molar-refractivity contribution in [3.05, 3.63) is 0 Å². The molecule has 0 aliphatic heterocycles. The zero-order valence-electron chi connectivity index (χ0n) is 9.73. The zero-order chi connectivity index (χ0) is 12.1. The van der Waals surface area contributed by atoms with Gasteiger partial charge >= 0.3 is 5.97 Å². The van der Waals surface area contributed by atoms with Crippen molar-refractivity contribution >= 4 is 11.9 Å². The van der Waals surface area contributed by atoms with Crippen LogP contribution in [0.2, 0.25) is 0 Å². The maximum atomic E-state index is 11.5. The number of aliphatic carboxylic acids is 1. The van der Waals surface area contributed by atoms with Gasteiger partial charge in [-0.15, -0.1) is 0 Å². The fraction of sp³-hybridized carbons (Fsp3) is 0.818. The van der Waals surface area contributed by atoms with Gasteiger partial charge in [-0.3, -0.25) is 9.59 Å². The molecule has 0 saturated heterocycles. The highest BCUT2D eigenvalue weighted by Gasteiger charge is 2.30. The Balaban J connectivity index is 2.14. The summed E-state index contributed by atoms with van der Waals surface area (Å²) in [5.74, 6) is -1.03. The van der Waals surface area contributed by atoms with Crippen LogP contribution in [0.25, 0.3) is 0 Å². The molecule has 1 unspecified atom stereocenters. The van der Waals surface area contributed by atoms with E-state index in [4.69, 9.17) is 9.84 Å². The molecule has 0 aromatic carbocycles. The van der Waals surface area contributed by atoms with Crippen LogP contribution in [-0.2, 0) is 14.3 Å². The van der Waals surface area contributed by atoms with Crippen molar-refractivity contribution in [2.75, 3.05) is 7.11 Å². The van der Waals surface area contributed by atoms with Crippen molar-refractivity contribution in [2.24, 2.45) is 5.92 Å². The van der Waals surface area contributed by atoms with Crippen LogP contribution in [0.15, 0.2) is 0 Å². The second-order valence-corrected chi connectivity index (χ2v) is 4.50. The van der Waals surface area contributed by atoms with Gasteiger partial charge in [0.1, 0.15) is 0 Å². The molecule has 1 amide bonds. The van der Waals surface area contributed by atoms with Gasteiger partial charge in [0.05, 0.1) is 6.10 Å². The third kappa shape index (κ3) is 4.18. The van der Waals surface area contributed by atoms with Gasteiger partial charge in [0, 0.05) is 26.0 Å². The van der Waals surface area contributed by atoms with Crippen LogP contribution in [-0.4, -0.2) is 36.2 Å². The molecule has 5 nitrogen and oxygen atoms in total. The lowest BCUT2D eigenvalue weighted by Crippen LogP contribution is -2.47. The predicted molar refractivity (Wildman–Crippen MR) is 58.0 cm³/mol. The predicted octanol–water partition coefficient (Wildman–Crippen LogP) is 0.781. The number of hydrogen-bond acceptors (Lipinski definition) is 3. The SMILES string of the molecule is COC1CC(NC(=O)CC(C)CC(=O)O)C1. The summed E-state index contributed by atoms with van der Waals surface area (Å²) in [6.45, 7) is 1.77. The first-order chi connectivity index (χ1) is 7.51. The van der Waals surface area contributed by atoms with Crippen LogP contribution in [0.3, 0.4) is 0 Å². The Morgan fingerprint density at radius 1 is 1.44 bits per heavy atom. The van der Waals surface area contributed by atoms with E-state index < -0.39 is 5.97 Å². The molecule has 5 heteroatoms. The fourth-order valence-corrected chi connectivity index (χ4v) is 1.85. The van der Waals surface area contributed by atoms with Gasteiger partial charge in [0.15, 0.2) is 0 Å². The number of hydrogen-bond donors (Lipinski definition) is 2. The first-order valence-corrected chi connectivity index (χ1v) is 5.55. The number of methoxy groups -OCH3 is 1. The minimum absolute atomic E-state index is 0.0405. The Morgan fingerprint density at radius 3 is 2.56 bits per heavy atom. The van der Waals surface area contributed by atoms with E-state index in [-0.39, 0.29) is 36.8 Å². The maximum Gasteiger partial charge on any atom is 0.303 e. The molecular weight excluding hydrogens is 210 g/mol. The lowest BCUT2D eigenvalue weighted by Gasteiger charge is -2.34. The Bertz CT molecular complexity index is 261. The molecule has 92 valence electrons. The third-order valence-electron chi connectivity index (χ3n) is 2.85. The van der Waals surface area contributed by atoms with Crippen molar-refractivity contribution in [1.29, 1.82) is 0 Å². The fourth-order valence-electron chi connectivity index (χ4n) is 1.85. The van der Waals surface area contributed by atoms with Crippen LogP contribution in [0, 0.1) is 5.92 Å². The Morgan fingerprint density at radius 2 is 2.06 bits per heavy atom. The second-order valence-electron chi connectivity index (χ2n) is 4.50. The van der Waals surface area contributed by atoms with Crippen LogP contribution < -0.4 is 5.32 Å². The zero-order valence-corrected chi connectivity index (χ0v) is 9.73. The van der Waals surface area contributed by atoms with Gasteiger partial charge in [-0.2, -0.15) is 0 Å². The first kappa shape index (κ1) is 13.0. The van der Waals surface area contributed by atoms with E-state index in [2.05, 4.69) is 5.32 Å². The van der Waals surface area contributed by atoms with E-state index in [0.29, 0.717) is 0 Å². The highest BCUT2D eigenvalue weighted by atomic mass is 16.5. The number of amides is 1. The van der Waals surface area contributed by atoms with Gasteiger partial charge in [0.25, 0.3) is 0 Å². The van der Waals surface area contributed by atoms with Crippen molar-refractivity contribution < 1.29 is 19.4 Å². The molecule has 0 bridgehead atoms. The number of rotatable bonds is 6. The molecule has 1 saturated carbocycles. The van der Waals surface area contributed by atoms with E-state index in [1.54, 1.807) is 14.0 Å². The van der Waals surface area contributed by atoms with Gasteiger partial charge in [-0.25, -0.2) is 0 Å². The molecule has 0 radical (unpaired) electrons. The number of nitrogens with one attached hydrogen (secondary N) is 1. The summed E-state index contributed by atoms with van der Waals surface area (Å²) >= 11 is 0. The highest BCUT2D eigenvalue weighted by Crippen LogP contribution is 2.22. The van der Waals surface area contributed by atoms with Crippen molar-refractivity contribution in [2.45, 2.75) is 44.8 Å². The van der Waals surface area contributed by atoms with Crippen molar-refractivity contribution in [3.63, 3.8) is 0 Å². The quantitative estimate of drug-likeness (QED) is 0.705. The summed E-state index contributed by atoms with van der Waals surface area (Å²) in [5.41, 5.74) is 0. The maximum absolute atomic E-state index is 11.5. The molecule has 1 atom stereocenters. The van der Waals surface area contributed by atoms with E-state index in [1.165, 1.54) is 0 Å². The third-order valence-corrected chi connectivity index (χ3v) is 2.85. The van der Waals surface area contributed by atoms with Crippen molar-refractivity contribution in [1.82, 2.24) is 5.32 Å². The second kappa shape index (κ2) is 5.84. The molecule has 16 heavy (non-hydrogen) atoms. The normalized spacial score (nSPS) is 25.6. The Labute approximate surface area is 95.2 Å². The number of carbonyl (C=O) groups is 2. The molecule has 0 aromatic rings. The molecule has 1 fully saturated rings. The lowest BCUT2D eigenvalue weighted by molar-refractivity contribution is -0.138. The summed E-state index contributed by atoms with van der Waals surface area (Å²) in [6, 6.07) is 0.203. The molecule has 0 spiro atoms. The van der Waals surface area contributed by atoms with Gasteiger partial charge < -0.3 is 15.2 Å². The summed E-state index contributed by atoms with van der Waals surface area (Å²) in [5, 5.41) is 11.4. The Hall–Kier alpha value is -1.10. The standard InChI is InChI=1S/C11H19NO4/c1-7(4-11(14)15)3-10(13)12-8-5-9(6-8)16-2/h7-9H,3-6H2,1-2H3,(H,12,13)(H,14,15). The van der Waals surface area contributed by atoms with Crippen LogP contribution >= 0.6 is 0 Å². The molecule has 1 rings (SSSR count). The lowest BCUT2D eigenvalue weighted by atomic mass is 9.89. The molecule has 1 aliphatic rings. The molecule has 2 N–H and O–H groups in total. The van der Waals surface area contributed by atoms with Crippen molar-refractivity contribution in [3.8, 4) is 0 Å². The molecule has 1 aliphatic carbocycles.